The monoisotopic (exact) mass is 338 g/mol. The maximum absolute atomic E-state index is 11.8. The summed E-state index contributed by atoms with van der Waals surface area (Å²) in [5.74, 6) is -0.211. The van der Waals surface area contributed by atoms with Gasteiger partial charge >= 0.3 is 0 Å². The molecule has 1 heterocycles. The van der Waals surface area contributed by atoms with Crippen LogP contribution in [0.5, 0.6) is 0 Å². The molecular formula is C9H15BrN4O3S. The van der Waals surface area contributed by atoms with Crippen LogP contribution in [0, 0.1) is 0 Å². The molecule has 0 atom stereocenters. The summed E-state index contributed by atoms with van der Waals surface area (Å²) in [5.41, 5.74) is 0.202. The Kier molecular flexibility index (Phi) is 5.29. The van der Waals surface area contributed by atoms with Crippen LogP contribution in [-0.4, -0.2) is 30.5 Å². The summed E-state index contributed by atoms with van der Waals surface area (Å²) >= 11 is 3.17. The third-order valence-corrected chi connectivity index (χ3v) is 3.66. The first-order chi connectivity index (χ1) is 8.35. The van der Waals surface area contributed by atoms with Crippen LogP contribution < -0.4 is 16.0 Å². The zero-order chi connectivity index (χ0) is 13.8. The number of nitrogens with one attached hydrogen (secondary N) is 1. The highest BCUT2D eigenvalue weighted by Crippen LogP contribution is 2.15. The van der Waals surface area contributed by atoms with Crippen molar-refractivity contribution in [1.82, 2.24) is 9.78 Å². The van der Waals surface area contributed by atoms with E-state index in [1.807, 2.05) is 6.92 Å². The summed E-state index contributed by atoms with van der Waals surface area (Å²) in [6.07, 6.45) is 2.28. The topological polar surface area (TPSA) is 107 Å². The summed E-state index contributed by atoms with van der Waals surface area (Å²) in [4.78, 5) is 11.8. The predicted octanol–water partition coefficient (Wildman–Crippen LogP) is 0.116. The number of nitrogens with two attached hydrogens (primary N) is 1. The van der Waals surface area contributed by atoms with Crippen LogP contribution in [0.1, 0.15) is 13.3 Å². The van der Waals surface area contributed by atoms with E-state index >= 15 is 0 Å². The van der Waals surface area contributed by atoms with Gasteiger partial charge in [-0.3, -0.25) is 4.79 Å². The molecule has 0 saturated carbocycles. The van der Waals surface area contributed by atoms with Gasteiger partial charge in [0.15, 0.2) is 0 Å². The number of sulfonamides is 1. The van der Waals surface area contributed by atoms with E-state index in [0.29, 0.717) is 16.7 Å². The fourth-order valence-electron chi connectivity index (χ4n) is 1.29. The van der Waals surface area contributed by atoms with E-state index in [1.165, 1.54) is 10.9 Å². The molecule has 0 saturated heterocycles. The van der Waals surface area contributed by atoms with Crippen molar-refractivity contribution in [2.75, 3.05) is 17.6 Å². The Bertz CT molecular complexity index is 570. The second-order valence-electron chi connectivity index (χ2n) is 3.69. The van der Waals surface area contributed by atoms with Gasteiger partial charge in [-0.25, -0.2) is 18.2 Å². The number of aromatic nitrogens is 2. The zero-order valence-electron chi connectivity index (χ0n) is 9.89. The number of aryl methyl sites for hydroxylation is 1. The number of hydrogen-bond donors (Lipinski definition) is 2. The van der Waals surface area contributed by atoms with Gasteiger partial charge in [0.05, 0.1) is 17.6 Å². The standard InChI is InChI=1S/C9H15BrN4O3S/c1-2-4-14-9(15)8(10)7(6-13-14)12-3-5-18(11,16)17/h6,12H,2-5H2,1H3,(H2,11,16,17). The second kappa shape index (κ2) is 6.30. The van der Waals surface area contributed by atoms with E-state index in [1.54, 1.807) is 0 Å². The summed E-state index contributed by atoms with van der Waals surface area (Å²) in [5, 5.41) is 11.6. The lowest BCUT2D eigenvalue weighted by molar-refractivity contribution is 0.566. The van der Waals surface area contributed by atoms with Gasteiger partial charge in [0.25, 0.3) is 5.56 Å². The summed E-state index contributed by atoms with van der Waals surface area (Å²) in [7, 11) is -3.52. The minimum Gasteiger partial charge on any atom is -0.382 e. The molecule has 9 heteroatoms. The molecule has 0 aliphatic carbocycles. The van der Waals surface area contributed by atoms with E-state index < -0.39 is 10.0 Å². The molecular weight excluding hydrogens is 324 g/mol. The predicted molar refractivity (Wildman–Crippen MR) is 73.0 cm³/mol. The van der Waals surface area contributed by atoms with Crippen molar-refractivity contribution in [1.29, 1.82) is 0 Å². The van der Waals surface area contributed by atoms with E-state index in [9.17, 15) is 13.2 Å². The van der Waals surface area contributed by atoms with E-state index in [2.05, 4.69) is 26.3 Å². The average Bonchev–Trinajstić information content (AvgIpc) is 2.27. The van der Waals surface area contributed by atoms with Gasteiger partial charge in [-0.2, -0.15) is 5.10 Å². The minimum absolute atomic E-state index is 0.121. The molecule has 102 valence electrons. The molecule has 1 aromatic heterocycles. The number of nitrogens with zero attached hydrogens (tertiary/aromatic N) is 2. The van der Waals surface area contributed by atoms with Crippen molar-refractivity contribution in [3.05, 3.63) is 21.0 Å². The lowest BCUT2D eigenvalue weighted by Crippen LogP contribution is -2.26. The minimum atomic E-state index is -3.52. The number of rotatable bonds is 6. The maximum atomic E-state index is 11.8. The van der Waals surface area contributed by atoms with Gasteiger partial charge in [-0.15, -0.1) is 0 Å². The molecule has 0 unspecified atom stereocenters. The molecule has 0 amide bonds. The summed E-state index contributed by atoms with van der Waals surface area (Å²) < 4.78 is 23.2. The van der Waals surface area contributed by atoms with Crippen molar-refractivity contribution < 1.29 is 8.42 Å². The van der Waals surface area contributed by atoms with Gasteiger partial charge < -0.3 is 5.32 Å². The third-order valence-electron chi connectivity index (χ3n) is 2.12. The van der Waals surface area contributed by atoms with Crippen molar-refractivity contribution in [2.24, 2.45) is 5.14 Å². The zero-order valence-corrected chi connectivity index (χ0v) is 12.3. The van der Waals surface area contributed by atoms with Crippen molar-refractivity contribution in [3.63, 3.8) is 0 Å². The Morgan fingerprint density at radius 2 is 2.22 bits per heavy atom. The molecule has 3 N–H and O–H groups in total. The Morgan fingerprint density at radius 3 is 2.78 bits per heavy atom. The Morgan fingerprint density at radius 1 is 1.56 bits per heavy atom. The Balaban J connectivity index is 2.80. The molecule has 0 aliphatic heterocycles. The molecule has 0 aromatic carbocycles. The average molecular weight is 339 g/mol. The van der Waals surface area contributed by atoms with Gasteiger partial charge in [0, 0.05) is 13.1 Å². The molecule has 1 rings (SSSR count). The van der Waals surface area contributed by atoms with Crippen LogP contribution in [0.2, 0.25) is 0 Å². The van der Waals surface area contributed by atoms with Crippen LogP contribution in [0.4, 0.5) is 5.69 Å². The molecule has 0 bridgehead atoms. The highest BCUT2D eigenvalue weighted by molar-refractivity contribution is 9.10. The van der Waals surface area contributed by atoms with Gasteiger partial charge in [0.2, 0.25) is 10.0 Å². The van der Waals surface area contributed by atoms with Gasteiger partial charge in [0.1, 0.15) is 4.47 Å². The first-order valence-corrected chi connectivity index (χ1v) is 7.86. The summed E-state index contributed by atoms with van der Waals surface area (Å²) in [6, 6.07) is 0. The normalized spacial score (nSPS) is 11.5. The molecule has 0 aliphatic rings. The number of halogens is 1. The molecule has 1 aromatic rings. The fourth-order valence-corrected chi connectivity index (χ4v) is 2.12. The summed E-state index contributed by atoms with van der Waals surface area (Å²) in [6.45, 7) is 2.60. The highest BCUT2D eigenvalue weighted by atomic mass is 79.9. The molecule has 7 nitrogen and oxygen atoms in total. The molecule has 0 radical (unpaired) electrons. The van der Waals surface area contributed by atoms with Gasteiger partial charge in [-0.05, 0) is 22.4 Å². The lowest BCUT2D eigenvalue weighted by atomic mass is 10.4. The first-order valence-electron chi connectivity index (χ1n) is 5.35. The SMILES string of the molecule is CCCn1ncc(NCCS(N)(=O)=O)c(Br)c1=O. The van der Waals surface area contributed by atoms with Crippen molar-refractivity contribution in [3.8, 4) is 0 Å². The van der Waals surface area contributed by atoms with Crippen LogP contribution in [0.25, 0.3) is 0 Å². The van der Waals surface area contributed by atoms with Crippen LogP contribution in [0.3, 0.4) is 0 Å². The first kappa shape index (κ1) is 15.1. The fraction of sp³-hybridized carbons (Fsp3) is 0.556. The van der Waals surface area contributed by atoms with Crippen LogP contribution in [-0.2, 0) is 16.6 Å². The van der Waals surface area contributed by atoms with Gasteiger partial charge in [-0.1, -0.05) is 6.92 Å². The lowest BCUT2D eigenvalue weighted by Gasteiger charge is -2.09. The van der Waals surface area contributed by atoms with E-state index in [0.717, 1.165) is 6.42 Å². The molecule has 18 heavy (non-hydrogen) atoms. The van der Waals surface area contributed by atoms with E-state index in [4.69, 9.17) is 5.14 Å². The number of primary sulfonamides is 1. The maximum Gasteiger partial charge on any atom is 0.283 e. The van der Waals surface area contributed by atoms with E-state index in [-0.39, 0.29) is 17.9 Å². The Hall–Kier alpha value is -0.930. The third kappa shape index (κ3) is 4.39. The van der Waals surface area contributed by atoms with Crippen LogP contribution in [0.15, 0.2) is 15.5 Å². The number of anilines is 1. The smallest absolute Gasteiger partial charge is 0.283 e. The molecule has 0 fully saturated rings. The quantitative estimate of drug-likeness (QED) is 0.765. The molecule has 0 spiro atoms. The van der Waals surface area contributed by atoms with Crippen molar-refractivity contribution in [2.45, 2.75) is 19.9 Å². The van der Waals surface area contributed by atoms with Crippen molar-refractivity contribution >= 4 is 31.6 Å². The second-order valence-corrected chi connectivity index (χ2v) is 6.22. The Labute approximate surface area is 114 Å². The highest BCUT2D eigenvalue weighted by Gasteiger charge is 2.09. The van der Waals surface area contributed by atoms with Crippen LogP contribution >= 0.6 is 15.9 Å². The largest absolute Gasteiger partial charge is 0.382 e. The number of hydrogen-bond acceptors (Lipinski definition) is 5.